The Labute approximate surface area is 190 Å². The summed E-state index contributed by atoms with van der Waals surface area (Å²) < 4.78 is 13.6. The summed E-state index contributed by atoms with van der Waals surface area (Å²) in [6.45, 7) is 17.9. The highest BCUT2D eigenvalue weighted by molar-refractivity contribution is 6.99. The van der Waals surface area contributed by atoms with E-state index in [1.165, 1.54) is 10.4 Å². The van der Waals surface area contributed by atoms with Gasteiger partial charge in [0.2, 0.25) is 0 Å². The first kappa shape index (κ1) is 23.7. The normalized spacial score (nSPS) is 24.1. The molecule has 0 aliphatic carbocycles. The molecule has 166 valence electrons. The lowest BCUT2D eigenvalue weighted by atomic mass is 9.87. The number of hydrogen-bond acceptors (Lipinski definition) is 2. The van der Waals surface area contributed by atoms with Gasteiger partial charge in [0, 0.05) is 12.5 Å². The maximum absolute atomic E-state index is 7.22. The van der Waals surface area contributed by atoms with Crippen LogP contribution < -0.4 is 10.4 Å². The first-order chi connectivity index (χ1) is 14.8. The minimum absolute atomic E-state index is 0.0210. The van der Waals surface area contributed by atoms with Gasteiger partial charge in [0.1, 0.15) is 0 Å². The Morgan fingerprint density at radius 3 is 1.81 bits per heavy atom. The Balaban J connectivity index is 2.01. The van der Waals surface area contributed by atoms with E-state index >= 15 is 0 Å². The molecule has 0 bridgehead atoms. The first-order valence-corrected chi connectivity index (χ1v) is 13.4. The van der Waals surface area contributed by atoms with E-state index in [4.69, 9.17) is 9.16 Å². The van der Waals surface area contributed by atoms with E-state index in [0.717, 1.165) is 12.8 Å². The van der Waals surface area contributed by atoms with Gasteiger partial charge in [0.15, 0.2) is 0 Å². The van der Waals surface area contributed by atoms with Crippen LogP contribution in [0.4, 0.5) is 0 Å². The summed E-state index contributed by atoms with van der Waals surface area (Å²) in [5.74, 6) is 0.755. The van der Waals surface area contributed by atoms with E-state index in [-0.39, 0.29) is 17.2 Å². The summed E-state index contributed by atoms with van der Waals surface area (Å²) in [6.07, 6.45) is 6.03. The molecule has 1 aliphatic rings. The number of benzene rings is 2. The van der Waals surface area contributed by atoms with Crippen LogP contribution in [0.5, 0.6) is 0 Å². The van der Waals surface area contributed by atoms with Crippen molar-refractivity contribution in [2.45, 2.75) is 57.8 Å². The van der Waals surface area contributed by atoms with Crippen molar-refractivity contribution in [3.8, 4) is 0 Å². The zero-order valence-corrected chi connectivity index (χ0v) is 20.6. The van der Waals surface area contributed by atoms with Crippen molar-refractivity contribution in [1.29, 1.82) is 0 Å². The minimum atomic E-state index is -2.54. The monoisotopic (exact) mass is 434 g/mol. The van der Waals surface area contributed by atoms with E-state index in [2.05, 4.69) is 102 Å². The fraction of sp³-hybridized carbons (Fsp3) is 0.429. The second-order valence-electron chi connectivity index (χ2n) is 9.76. The fourth-order valence-electron chi connectivity index (χ4n) is 5.13. The molecule has 1 saturated heterocycles. The lowest BCUT2D eigenvalue weighted by Gasteiger charge is -2.44. The van der Waals surface area contributed by atoms with Crippen molar-refractivity contribution in [1.82, 2.24) is 0 Å². The Kier molecular flexibility index (Phi) is 7.74. The Hall–Kier alpha value is -1.94. The van der Waals surface area contributed by atoms with Crippen molar-refractivity contribution in [2.75, 3.05) is 6.61 Å². The second kappa shape index (κ2) is 10.1. The summed E-state index contributed by atoms with van der Waals surface area (Å²) in [5, 5.41) is 2.62. The summed E-state index contributed by atoms with van der Waals surface area (Å²) in [7, 11) is -2.54. The van der Waals surface area contributed by atoms with Gasteiger partial charge in [-0.3, -0.25) is 0 Å². The third-order valence-corrected chi connectivity index (χ3v) is 11.8. The fourth-order valence-corrected chi connectivity index (χ4v) is 9.73. The van der Waals surface area contributed by atoms with Crippen LogP contribution in [-0.2, 0) is 9.16 Å². The molecule has 3 heteroatoms. The molecule has 0 spiro atoms. The van der Waals surface area contributed by atoms with Crippen LogP contribution in [0.25, 0.3) is 0 Å². The molecule has 0 N–H and O–H groups in total. The Bertz CT molecular complexity index is 801. The molecule has 0 aromatic heterocycles. The Morgan fingerprint density at radius 2 is 1.35 bits per heavy atom. The zero-order chi connectivity index (χ0) is 22.5. The predicted molar refractivity (Wildman–Crippen MR) is 135 cm³/mol. The average molecular weight is 435 g/mol. The molecule has 2 nitrogen and oxygen atoms in total. The summed E-state index contributed by atoms with van der Waals surface area (Å²) in [5.41, 5.74) is 0. The van der Waals surface area contributed by atoms with Gasteiger partial charge in [-0.05, 0) is 34.2 Å². The smallest absolute Gasteiger partial charge is 0.261 e. The summed E-state index contributed by atoms with van der Waals surface area (Å²) >= 11 is 0. The predicted octanol–water partition coefficient (Wildman–Crippen LogP) is 5.73. The minimum Gasteiger partial charge on any atom is -0.407 e. The number of rotatable bonds is 9. The van der Waals surface area contributed by atoms with Gasteiger partial charge in [-0.25, -0.2) is 0 Å². The molecular weight excluding hydrogens is 396 g/mol. The molecule has 2 aromatic carbocycles. The van der Waals surface area contributed by atoms with E-state index < -0.39 is 8.32 Å². The highest BCUT2D eigenvalue weighted by atomic mass is 28.4. The van der Waals surface area contributed by atoms with Crippen LogP contribution in [0.15, 0.2) is 86.0 Å². The van der Waals surface area contributed by atoms with Crippen LogP contribution in [0.2, 0.25) is 5.04 Å². The second-order valence-corrected chi connectivity index (χ2v) is 14.1. The first-order valence-electron chi connectivity index (χ1n) is 11.5. The lowest BCUT2D eigenvalue weighted by Crippen LogP contribution is -2.67. The summed E-state index contributed by atoms with van der Waals surface area (Å²) in [4.78, 5) is 0. The van der Waals surface area contributed by atoms with Gasteiger partial charge in [0.25, 0.3) is 8.32 Å². The van der Waals surface area contributed by atoms with Crippen molar-refractivity contribution in [2.24, 2.45) is 11.8 Å². The van der Waals surface area contributed by atoms with Gasteiger partial charge in [-0.2, -0.15) is 0 Å². The molecule has 1 fully saturated rings. The third kappa shape index (κ3) is 4.79. The molecule has 0 amide bonds. The van der Waals surface area contributed by atoms with E-state index in [9.17, 15) is 0 Å². The van der Waals surface area contributed by atoms with E-state index in [1.807, 2.05) is 12.2 Å². The molecule has 0 unspecified atom stereocenters. The van der Waals surface area contributed by atoms with Crippen molar-refractivity contribution in [3.05, 3.63) is 86.0 Å². The Morgan fingerprint density at radius 1 is 0.871 bits per heavy atom. The molecule has 31 heavy (non-hydrogen) atoms. The van der Waals surface area contributed by atoms with Crippen LogP contribution in [0.3, 0.4) is 0 Å². The molecule has 1 heterocycles. The third-order valence-electron chi connectivity index (χ3n) is 6.80. The summed E-state index contributed by atoms with van der Waals surface area (Å²) in [6, 6.07) is 21.7. The SMILES string of the molecule is C=CC[C@@H]1O[C@H](CC=C)[C@H](C)[C@@H]1CO[Si](c1ccccc1)(c1ccccc1)C(C)(C)C. The molecule has 0 saturated carbocycles. The number of hydrogen-bond donors (Lipinski definition) is 0. The zero-order valence-electron chi connectivity index (χ0n) is 19.6. The van der Waals surface area contributed by atoms with Gasteiger partial charge in [-0.1, -0.05) is 101 Å². The quantitative estimate of drug-likeness (QED) is 0.370. The van der Waals surface area contributed by atoms with Crippen LogP contribution >= 0.6 is 0 Å². The van der Waals surface area contributed by atoms with Crippen molar-refractivity contribution < 1.29 is 9.16 Å². The van der Waals surface area contributed by atoms with Gasteiger partial charge >= 0.3 is 0 Å². The topological polar surface area (TPSA) is 18.5 Å². The van der Waals surface area contributed by atoms with Crippen LogP contribution in [0, 0.1) is 11.8 Å². The van der Waals surface area contributed by atoms with E-state index in [1.54, 1.807) is 0 Å². The largest absolute Gasteiger partial charge is 0.407 e. The molecule has 3 rings (SSSR count). The standard InChI is InChI=1S/C28H38O2Si/c1-7-15-26-22(3)25(27(30-26)16-8-2)21-29-31(28(4,5)6,23-17-11-9-12-18-23)24-19-13-10-14-20-24/h7-14,17-20,22,25-27H,1-2,15-16,21H2,3-6H3/t22-,25+,26-,27+/m1/s1. The van der Waals surface area contributed by atoms with Gasteiger partial charge in [0.05, 0.1) is 12.2 Å². The molecule has 1 aliphatic heterocycles. The van der Waals surface area contributed by atoms with Crippen LogP contribution in [-0.4, -0.2) is 27.1 Å². The van der Waals surface area contributed by atoms with E-state index in [0.29, 0.717) is 18.4 Å². The van der Waals surface area contributed by atoms with Crippen molar-refractivity contribution in [3.63, 3.8) is 0 Å². The van der Waals surface area contributed by atoms with Crippen molar-refractivity contribution >= 4 is 18.7 Å². The highest BCUT2D eigenvalue weighted by Crippen LogP contribution is 2.40. The lowest BCUT2D eigenvalue weighted by molar-refractivity contribution is 0.0286. The van der Waals surface area contributed by atoms with Gasteiger partial charge < -0.3 is 9.16 Å². The molecule has 2 aromatic rings. The average Bonchev–Trinajstić information content (AvgIpc) is 3.04. The number of ether oxygens (including phenoxy) is 1. The highest BCUT2D eigenvalue weighted by Gasteiger charge is 2.51. The molecular formula is C28H38O2Si. The van der Waals surface area contributed by atoms with Gasteiger partial charge in [-0.15, -0.1) is 13.2 Å². The molecule has 0 radical (unpaired) electrons. The molecule has 4 atom stereocenters. The maximum Gasteiger partial charge on any atom is 0.261 e. The van der Waals surface area contributed by atoms with Crippen LogP contribution in [0.1, 0.15) is 40.5 Å². The maximum atomic E-state index is 7.22.